The first-order valence-corrected chi connectivity index (χ1v) is 10.00. The average molecular weight is 461 g/mol. The van der Waals surface area contributed by atoms with E-state index in [9.17, 15) is 20.1 Å². The Labute approximate surface area is 175 Å². The van der Waals surface area contributed by atoms with Gasteiger partial charge in [0.05, 0.1) is 6.61 Å². The molecule has 1 aliphatic heterocycles. The number of aliphatic hydroxyl groups is 1. The van der Waals surface area contributed by atoms with E-state index in [1.54, 1.807) is 18.2 Å². The van der Waals surface area contributed by atoms with Gasteiger partial charge in [0.1, 0.15) is 28.2 Å². The summed E-state index contributed by atoms with van der Waals surface area (Å²) in [5.41, 5.74) is 7.11. The van der Waals surface area contributed by atoms with Crippen LogP contribution in [0.5, 0.6) is 11.5 Å². The fourth-order valence-electron chi connectivity index (χ4n) is 4.16. The minimum absolute atomic E-state index is 0.0133. The Morgan fingerprint density at radius 3 is 2.69 bits per heavy atom. The number of fused-ring (bicyclic) bond motifs is 1. The number of nitrogen functional groups attached to an aromatic ring is 1. The molecular weight excluding hydrogens is 440 g/mol. The Balaban J connectivity index is 2.01. The fourth-order valence-corrected chi connectivity index (χ4v) is 4.75. The number of benzene rings is 2. The second-order valence-corrected chi connectivity index (χ2v) is 8.23. The van der Waals surface area contributed by atoms with E-state index < -0.39 is 5.43 Å². The summed E-state index contributed by atoms with van der Waals surface area (Å²) in [5, 5.41) is 30.8. The molecule has 2 heterocycles. The molecule has 1 saturated heterocycles. The maximum Gasteiger partial charge on any atom is 0.197 e. The van der Waals surface area contributed by atoms with E-state index in [0.717, 1.165) is 6.54 Å². The lowest BCUT2D eigenvalue weighted by Gasteiger charge is -2.24. The van der Waals surface area contributed by atoms with Crippen molar-refractivity contribution in [3.63, 3.8) is 0 Å². The Hall–Kier alpha value is -2.55. The molecule has 152 valence electrons. The topological polar surface area (TPSA) is 120 Å². The summed E-state index contributed by atoms with van der Waals surface area (Å²) in [4.78, 5) is 14.9. The predicted molar refractivity (Wildman–Crippen MR) is 114 cm³/mol. The van der Waals surface area contributed by atoms with Gasteiger partial charge in [-0.25, -0.2) is 0 Å². The van der Waals surface area contributed by atoms with Crippen LogP contribution in [0, 0.1) is 0 Å². The van der Waals surface area contributed by atoms with Gasteiger partial charge in [0, 0.05) is 45.4 Å². The molecule has 0 saturated carbocycles. The van der Waals surface area contributed by atoms with Crippen molar-refractivity contribution < 1.29 is 19.7 Å². The van der Waals surface area contributed by atoms with Crippen LogP contribution in [-0.4, -0.2) is 46.5 Å². The molecule has 2 aromatic carbocycles. The van der Waals surface area contributed by atoms with E-state index in [2.05, 4.69) is 15.9 Å². The van der Waals surface area contributed by atoms with Gasteiger partial charge in [-0.15, -0.1) is 0 Å². The first-order valence-electron chi connectivity index (χ1n) is 9.21. The molecule has 2 atom stereocenters. The van der Waals surface area contributed by atoms with E-state index in [-0.39, 0.29) is 46.8 Å². The molecule has 5 N–H and O–H groups in total. The molecule has 1 aromatic heterocycles. The van der Waals surface area contributed by atoms with Crippen molar-refractivity contribution in [2.75, 3.05) is 25.9 Å². The van der Waals surface area contributed by atoms with Gasteiger partial charge in [-0.05, 0) is 54.1 Å². The zero-order valence-corrected chi connectivity index (χ0v) is 17.3. The van der Waals surface area contributed by atoms with E-state index in [4.69, 9.17) is 10.2 Å². The van der Waals surface area contributed by atoms with Crippen molar-refractivity contribution in [2.45, 2.75) is 18.4 Å². The summed E-state index contributed by atoms with van der Waals surface area (Å²) in [7, 11) is 1.90. The average Bonchev–Trinajstić information content (AvgIpc) is 3.01. The third-order valence-corrected chi connectivity index (χ3v) is 6.29. The molecule has 3 aromatic rings. The molecule has 0 spiro atoms. The van der Waals surface area contributed by atoms with E-state index in [1.807, 2.05) is 11.9 Å². The Kier molecular flexibility index (Phi) is 5.02. The van der Waals surface area contributed by atoms with Crippen LogP contribution in [0.2, 0.25) is 0 Å². The number of likely N-dealkylation sites (tertiary alicyclic amines) is 1. The maximum absolute atomic E-state index is 12.9. The number of aromatic hydroxyl groups is 2. The molecule has 0 aliphatic carbocycles. The summed E-state index contributed by atoms with van der Waals surface area (Å²) in [6, 6.07) is 7.37. The number of hydrogen-bond donors (Lipinski definition) is 4. The zero-order valence-electron chi connectivity index (χ0n) is 15.7. The largest absolute Gasteiger partial charge is 0.507 e. The van der Waals surface area contributed by atoms with Gasteiger partial charge >= 0.3 is 0 Å². The van der Waals surface area contributed by atoms with Gasteiger partial charge in [-0.3, -0.25) is 4.79 Å². The lowest BCUT2D eigenvalue weighted by atomic mass is 9.89. The minimum atomic E-state index is -0.421. The lowest BCUT2D eigenvalue weighted by molar-refractivity contribution is 0.172. The molecule has 8 heteroatoms. The van der Waals surface area contributed by atoms with Crippen molar-refractivity contribution in [2.24, 2.45) is 0 Å². The van der Waals surface area contributed by atoms with Crippen molar-refractivity contribution in [1.82, 2.24) is 4.90 Å². The molecular formula is C21H21BrN2O5. The summed E-state index contributed by atoms with van der Waals surface area (Å²) < 4.78 is 6.74. The van der Waals surface area contributed by atoms with Crippen LogP contribution in [0.4, 0.5) is 5.69 Å². The first kappa shape index (κ1) is 19.8. The normalized spacial score (nSPS) is 19.8. The lowest BCUT2D eigenvalue weighted by Crippen LogP contribution is -2.32. The highest BCUT2D eigenvalue weighted by molar-refractivity contribution is 9.10. The molecule has 1 aliphatic rings. The smallest absolute Gasteiger partial charge is 0.197 e. The summed E-state index contributed by atoms with van der Waals surface area (Å²) in [6.45, 7) is 0.627. The number of aliphatic hydroxyl groups excluding tert-OH is 1. The van der Waals surface area contributed by atoms with Crippen molar-refractivity contribution in [3.8, 4) is 22.8 Å². The van der Waals surface area contributed by atoms with Crippen LogP contribution in [0.1, 0.15) is 17.9 Å². The summed E-state index contributed by atoms with van der Waals surface area (Å²) in [5.74, 6) is -0.468. The molecule has 0 bridgehead atoms. The van der Waals surface area contributed by atoms with Crippen LogP contribution in [0.3, 0.4) is 0 Å². The fraction of sp³-hybridized carbons (Fsp3) is 0.286. The standard InChI is InChI=1S/C21H21BrN2O5/c1-24-5-4-12(14(24)9-25)19-15(26)7-16(27)20-17(28)8-18(29-21(19)20)11-3-2-10(23)6-13(11)22/h2-3,6-8,12,14,25-27H,4-5,9,23H2,1H3. The van der Waals surface area contributed by atoms with Crippen molar-refractivity contribution in [3.05, 3.63) is 50.6 Å². The number of likely N-dealkylation sites (N-methyl/N-ethyl adjacent to an activating group) is 1. The summed E-state index contributed by atoms with van der Waals surface area (Å²) >= 11 is 3.43. The molecule has 7 nitrogen and oxygen atoms in total. The number of halogens is 1. The number of phenols is 2. The van der Waals surface area contributed by atoms with Crippen molar-refractivity contribution in [1.29, 1.82) is 0 Å². The molecule has 2 unspecified atom stereocenters. The summed E-state index contributed by atoms with van der Waals surface area (Å²) in [6.07, 6.45) is 0.675. The predicted octanol–water partition coefficient (Wildman–Crippen LogP) is 3.00. The number of anilines is 1. The number of rotatable bonds is 3. The van der Waals surface area contributed by atoms with Crippen LogP contribution in [0.25, 0.3) is 22.3 Å². The van der Waals surface area contributed by atoms with E-state index in [1.165, 1.54) is 12.1 Å². The second kappa shape index (κ2) is 7.37. The van der Waals surface area contributed by atoms with Crippen LogP contribution in [0.15, 0.2) is 44.0 Å². The maximum atomic E-state index is 12.9. The monoisotopic (exact) mass is 460 g/mol. The Morgan fingerprint density at radius 2 is 2.00 bits per heavy atom. The highest BCUT2D eigenvalue weighted by atomic mass is 79.9. The van der Waals surface area contributed by atoms with Gasteiger partial charge in [-0.1, -0.05) is 0 Å². The third kappa shape index (κ3) is 3.27. The number of nitrogens with zero attached hydrogens (tertiary/aromatic N) is 1. The van der Waals surface area contributed by atoms with Gasteiger partial charge < -0.3 is 30.4 Å². The third-order valence-electron chi connectivity index (χ3n) is 5.64. The minimum Gasteiger partial charge on any atom is -0.507 e. The SMILES string of the molecule is CN1CCC(c2c(O)cc(O)c3c(=O)cc(-c4ccc(N)cc4Br)oc23)C1CO. The molecule has 1 fully saturated rings. The zero-order chi connectivity index (χ0) is 20.9. The van der Waals surface area contributed by atoms with Crippen LogP contribution < -0.4 is 11.2 Å². The number of phenolic OH excluding ortho intramolecular Hbond substituents is 2. The van der Waals surface area contributed by atoms with E-state index in [0.29, 0.717) is 27.7 Å². The molecule has 4 rings (SSSR count). The van der Waals surface area contributed by atoms with E-state index >= 15 is 0 Å². The number of nitrogens with two attached hydrogens (primary N) is 1. The van der Waals surface area contributed by atoms with Crippen LogP contribution >= 0.6 is 15.9 Å². The van der Waals surface area contributed by atoms with Gasteiger partial charge in [-0.2, -0.15) is 0 Å². The number of hydrogen-bond acceptors (Lipinski definition) is 7. The quantitative estimate of drug-likeness (QED) is 0.443. The van der Waals surface area contributed by atoms with Gasteiger partial charge in [0.25, 0.3) is 0 Å². The Bertz CT molecular complexity index is 1160. The van der Waals surface area contributed by atoms with Gasteiger partial charge in [0.15, 0.2) is 5.43 Å². The first-order chi connectivity index (χ1) is 13.8. The Morgan fingerprint density at radius 1 is 1.24 bits per heavy atom. The second-order valence-electron chi connectivity index (χ2n) is 7.37. The van der Waals surface area contributed by atoms with Crippen molar-refractivity contribution >= 4 is 32.6 Å². The van der Waals surface area contributed by atoms with Crippen LogP contribution in [-0.2, 0) is 0 Å². The highest BCUT2D eigenvalue weighted by Gasteiger charge is 2.36. The molecule has 0 radical (unpaired) electrons. The van der Waals surface area contributed by atoms with Gasteiger partial charge in [0.2, 0.25) is 0 Å². The molecule has 29 heavy (non-hydrogen) atoms. The highest BCUT2D eigenvalue weighted by Crippen LogP contribution is 2.44. The molecule has 0 amide bonds.